The van der Waals surface area contributed by atoms with Gasteiger partial charge in [0.05, 0.1) is 17.2 Å². The molecule has 1 aromatic carbocycles. The van der Waals surface area contributed by atoms with Crippen molar-refractivity contribution in [2.75, 3.05) is 0 Å². The standard InChI is InChI=1S/C21H22N4O5/c1-21(2,3)19(14-24-13-10-18(23-24)15-8-11-22-12-9-15)30-20(26)29-17-6-4-16(5-7-17)25(27)28/h4-13,19H,14H2,1-3H3/t19-/m1/s1. The molecule has 2 aromatic heterocycles. The van der Waals surface area contributed by atoms with E-state index in [9.17, 15) is 14.9 Å². The van der Waals surface area contributed by atoms with Gasteiger partial charge in [0.25, 0.3) is 5.69 Å². The molecule has 156 valence electrons. The van der Waals surface area contributed by atoms with Crippen LogP contribution in [0.5, 0.6) is 5.75 Å². The first-order valence-corrected chi connectivity index (χ1v) is 9.29. The van der Waals surface area contributed by atoms with Gasteiger partial charge in [-0.1, -0.05) is 20.8 Å². The largest absolute Gasteiger partial charge is 0.514 e. The Bertz CT molecular complexity index is 1010. The summed E-state index contributed by atoms with van der Waals surface area (Å²) >= 11 is 0. The van der Waals surface area contributed by atoms with Gasteiger partial charge in [0, 0.05) is 41.7 Å². The SMILES string of the molecule is CC(C)(C)[C@@H](Cn1ccc(-c2ccncc2)n1)OC(=O)Oc1ccc([N+](=O)[O-])cc1. The van der Waals surface area contributed by atoms with Crippen molar-refractivity contribution in [1.82, 2.24) is 14.8 Å². The Labute approximate surface area is 173 Å². The average molecular weight is 410 g/mol. The Hall–Kier alpha value is -3.75. The fraction of sp³-hybridized carbons (Fsp3) is 0.286. The third kappa shape index (κ3) is 5.40. The van der Waals surface area contributed by atoms with Gasteiger partial charge in [-0.05, 0) is 30.3 Å². The number of carbonyl (C=O) groups is 1. The Balaban J connectivity index is 1.67. The molecule has 9 heteroatoms. The zero-order valence-electron chi connectivity index (χ0n) is 16.9. The molecule has 3 rings (SSSR count). The highest BCUT2D eigenvalue weighted by molar-refractivity contribution is 5.64. The zero-order chi connectivity index (χ0) is 21.7. The summed E-state index contributed by atoms with van der Waals surface area (Å²) in [4.78, 5) is 26.5. The Kier molecular flexibility index (Phi) is 6.10. The Morgan fingerprint density at radius 1 is 1.13 bits per heavy atom. The number of benzene rings is 1. The van der Waals surface area contributed by atoms with Crippen molar-refractivity contribution in [3.8, 4) is 17.0 Å². The molecule has 0 aliphatic rings. The van der Waals surface area contributed by atoms with E-state index in [4.69, 9.17) is 9.47 Å². The van der Waals surface area contributed by atoms with E-state index in [-0.39, 0.29) is 16.9 Å². The van der Waals surface area contributed by atoms with Crippen LogP contribution in [0.3, 0.4) is 0 Å². The number of hydrogen-bond acceptors (Lipinski definition) is 7. The number of aromatic nitrogens is 3. The first-order chi connectivity index (χ1) is 14.2. The molecule has 30 heavy (non-hydrogen) atoms. The van der Waals surface area contributed by atoms with Crippen LogP contribution in [0.1, 0.15) is 20.8 Å². The summed E-state index contributed by atoms with van der Waals surface area (Å²) in [6, 6.07) is 10.8. The van der Waals surface area contributed by atoms with E-state index in [1.165, 1.54) is 24.3 Å². The second-order valence-corrected chi connectivity index (χ2v) is 7.73. The van der Waals surface area contributed by atoms with Crippen LogP contribution >= 0.6 is 0 Å². The second-order valence-electron chi connectivity index (χ2n) is 7.73. The highest BCUT2D eigenvalue weighted by atomic mass is 16.7. The fourth-order valence-corrected chi connectivity index (χ4v) is 2.67. The van der Waals surface area contributed by atoms with Crippen molar-refractivity contribution in [2.24, 2.45) is 5.41 Å². The number of rotatable bonds is 6. The number of nitro groups is 1. The van der Waals surface area contributed by atoms with Crippen LogP contribution in [0.2, 0.25) is 0 Å². The van der Waals surface area contributed by atoms with E-state index in [1.807, 2.05) is 45.2 Å². The van der Waals surface area contributed by atoms with Gasteiger partial charge < -0.3 is 9.47 Å². The molecule has 0 spiro atoms. The number of carbonyl (C=O) groups excluding carboxylic acids is 1. The predicted molar refractivity (Wildman–Crippen MR) is 109 cm³/mol. The summed E-state index contributed by atoms with van der Waals surface area (Å²) < 4.78 is 12.4. The van der Waals surface area contributed by atoms with Crippen LogP contribution < -0.4 is 4.74 Å². The summed E-state index contributed by atoms with van der Waals surface area (Å²) in [6.07, 6.45) is 3.81. The van der Waals surface area contributed by atoms with Crippen LogP contribution in [0.4, 0.5) is 10.5 Å². The summed E-state index contributed by atoms with van der Waals surface area (Å²) in [5, 5.41) is 15.3. The van der Waals surface area contributed by atoms with Crippen LogP contribution in [0, 0.1) is 15.5 Å². The summed E-state index contributed by atoms with van der Waals surface area (Å²) in [6.45, 7) is 6.18. The van der Waals surface area contributed by atoms with Crippen molar-refractivity contribution in [3.05, 3.63) is 71.2 Å². The topological polar surface area (TPSA) is 109 Å². The van der Waals surface area contributed by atoms with Gasteiger partial charge in [-0.3, -0.25) is 19.8 Å². The van der Waals surface area contributed by atoms with E-state index in [0.29, 0.717) is 6.54 Å². The molecule has 3 aromatic rings. The number of ether oxygens (including phenoxy) is 2. The molecule has 0 unspecified atom stereocenters. The fourth-order valence-electron chi connectivity index (χ4n) is 2.67. The van der Waals surface area contributed by atoms with Gasteiger partial charge >= 0.3 is 6.16 Å². The molecular formula is C21H22N4O5. The zero-order valence-corrected chi connectivity index (χ0v) is 16.9. The van der Waals surface area contributed by atoms with Gasteiger partial charge in [-0.15, -0.1) is 0 Å². The van der Waals surface area contributed by atoms with Crippen LogP contribution in [-0.4, -0.2) is 31.9 Å². The van der Waals surface area contributed by atoms with Crippen LogP contribution in [-0.2, 0) is 11.3 Å². The van der Waals surface area contributed by atoms with Crippen molar-refractivity contribution in [3.63, 3.8) is 0 Å². The monoisotopic (exact) mass is 410 g/mol. The molecule has 0 aliphatic heterocycles. The van der Waals surface area contributed by atoms with Gasteiger partial charge in [-0.25, -0.2) is 4.79 Å². The summed E-state index contributed by atoms with van der Waals surface area (Å²) in [5.41, 5.74) is 1.26. The normalized spacial score (nSPS) is 12.2. The smallest absolute Gasteiger partial charge is 0.428 e. The molecule has 0 saturated heterocycles. The number of non-ortho nitro benzene ring substituents is 1. The second kappa shape index (κ2) is 8.73. The maximum Gasteiger partial charge on any atom is 0.514 e. The van der Waals surface area contributed by atoms with E-state index in [0.717, 1.165) is 11.3 Å². The molecule has 0 aliphatic carbocycles. The lowest BCUT2D eigenvalue weighted by Crippen LogP contribution is -2.36. The molecule has 0 fully saturated rings. The van der Waals surface area contributed by atoms with Gasteiger partial charge in [-0.2, -0.15) is 5.10 Å². The van der Waals surface area contributed by atoms with E-state index in [2.05, 4.69) is 10.1 Å². The number of nitro benzene ring substituents is 1. The molecule has 9 nitrogen and oxygen atoms in total. The summed E-state index contributed by atoms with van der Waals surface area (Å²) in [7, 11) is 0. The van der Waals surface area contributed by atoms with E-state index >= 15 is 0 Å². The Morgan fingerprint density at radius 3 is 2.40 bits per heavy atom. The molecule has 0 radical (unpaired) electrons. The molecule has 0 amide bonds. The minimum atomic E-state index is -0.884. The maximum atomic E-state index is 12.3. The van der Waals surface area contributed by atoms with E-state index < -0.39 is 17.2 Å². The van der Waals surface area contributed by atoms with Gasteiger partial charge in [0.2, 0.25) is 0 Å². The lowest BCUT2D eigenvalue weighted by molar-refractivity contribution is -0.384. The minimum absolute atomic E-state index is 0.0908. The highest BCUT2D eigenvalue weighted by Crippen LogP contribution is 2.26. The highest BCUT2D eigenvalue weighted by Gasteiger charge is 2.30. The van der Waals surface area contributed by atoms with Crippen molar-refractivity contribution >= 4 is 11.8 Å². The van der Waals surface area contributed by atoms with Crippen LogP contribution in [0.25, 0.3) is 11.3 Å². The lowest BCUT2D eigenvalue weighted by atomic mass is 9.89. The first kappa shape index (κ1) is 21.0. The summed E-state index contributed by atoms with van der Waals surface area (Å²) in [5.74, 6) is 0.164. The van der Waals surface area contributed by atoms with Crippen molar-refractivity contribution < 1.29 is 19.2 Å². The Morgan fingerprint density at radius 2 is 1.80 bits per heavy atom. The van der Waals surface area contributed by atoms with Crippen molar-refractivity contribution in [2.45, 2.75) is 33.4 Å². The molecule has 0 saturated carbocycles. The number of nitrogens with zero attached hydrogens (tertiary/aromatic N) is 4. The first-order valence-electron chi connectivity index (χ1n) is 9.29. The third-order valence-electron chi connectivity index (χ3n) is 4.42. The van der Waals surface area contributed by atoms with Crippen LogP contribution in [0.15, 0.2) is 61.1 Å². The lowest BCUT2D eigenvalue weighted by Gasteiger charge is -2.29. The van der Waals surface area contributed by atoms with Gasteiger partial charge in [0.15, 0.2) is 0 Å². The number of pyridine rings is 1. The predicted octanol–water partition coefficient (Wildman–Crippen LogP) is 4.48. The maximum absolute atomic E-state index is 12.3. The average Bonchev–Trinajstić information content (AvgIpc) is 3.16. The van der Waals surface area contributed by atoms with Crippen molar-refractivity contribution in [1.29, 1.82) is 0 Å². The minimum Gasteiger partial charge on any atom is -0.428 e. The molecule has 0 N–H and O–H groups in total. The molecular weight excluding hydrogens is 388 g/mol. The number of hydrogen-bond donors (Lipinski definition) is 0. The molecule has 1 atom stereocenters. The third-order valence-corrected chi connectivity index (χ3v) is 4.42. The molecule has 2 heterocycles. The molecule has 0 bridgehead atoms. The van der Waals surface area contributed by atoms with E-state index in [1.54, 1.807) is 17.1 Å². The van der Waals surface area contributed by atoms with Gasteiger partial charge in [0.1, 0.15) is 11.9 Å². The quantitative estimate of drug-likeness (QED) is 0.255.